The number of rotatable bonds is 8. The molecule has 1 amide bonds. The largest absolute Gasteiger partial charge is 0.468 e. The van der Waals surface area contributed by atoms with Crippen LogP contribution in [0.5, 0.6) is 0 Å². The molecule has 0 spiro atoms. The van der Waals surface area contributed by atoms with Crippen molar-refractivity contribution in [1.82, 2.24) is 4.90 Å². The average molecular weight is 399 g/mol. The van der Waals surface area contributed by atoms with Crippen LogP contribution in [-0.2, 0) is 17.9 Å². The molecule has 0 saturated heterocycles. The minimum atomic E-state index is -0.478. The summed E-state index contributed by atoms with van der Waals surface area (Å²) in [7, 11) is 0. The van der Waals surface area contributed by atoms with Gasteiger partial charge in [-0.3, -0.25) is 19.8 Å². The second-order valence-electron chi connectivity index (χ2n) is 6.56. The highest BCUT2D eigenvalue weighted by atomic mass is 32.1. The highest BCUT2D eigenvalue weighted by Gasteiger charge is 2.20. The van der Waals surface area contributed by atoms with E-state index in [2.05, 4.69) is 5.32 Å². The van der Waals surface area contributed by atoms with Gasteiger partial charge in [0.05, 0.1) is 24.3 Å². The zero-order valence-electron chi connectivity index (χ0n) is 15.7. The normalized spacial score (nSPS) is 11.0. The number of nitrogens with one attached hydrogen (secondary N) is 1. The van der Waals surface area contributed by atoms with Crippen molar-refractivity contribution in [2.24, 2.45) is 0 Å². The summed E-state index contributed by atoms with van der Waals surface area (Å²) in [5, 5.41) is 16.0. The van der Waals surface area contributed by atoms with Crippen molar-refractivity contribution < 1.29 is 14.1 Å². The Morgan fingerprint density at radius 3 is 2.64 bits per heavy atom. The van der Waals surface area contributed by atoms with E-state index in [0.717, 1.165) is 21.8 Å². The van der Waals surface area contributed by atoms with Gasteiger partial charge in [0.1, 0.15) is 11.4 Å². The van der Waals surface area contributed by atoms with E-state index in [-0.39, 0.29) is 23.8 Å². The van der Waals surface area contributed by atoms with Gasteiger partial charge in [-0.2, -0.15) is 0 Å². The van der Waals surface area contributed by atoms with Crippen molar-refractivity contribution in [1.29, 1.82) is 0 Å². The zero-order valence-corrected chi connectivity index (χ0v) is 16.5. The first-order valence-corrected chi connectivity index (χ1v) is 9.63. The topological polar surface area (TPSA) is 88.6 Å². The second kappa shape index (κ2) is 8.81. The molecule has 0 bridgehead atoms. The molecule has 0 saturated carbocycles. The van der Waals surface area contributed by atoms with Crippen LogP contribution in [0, 0.1) is 24.0 Å². The molecule has 0 unspecified atom stereocenters. The Hall–Kier alpha value is -2.97. The standard InChI is InChI=1S/C20H21N3O4S/c1-14-9-18(19(23(25)26)10-15(14)2)21-20(24)13-22(11-16-5-3-7-27-16)12-17-6-4-8-28-17/h3-10H,11-13H2,1-2H3,(H,21,24). The first-order chi connectivity index (χ1) is 13.4. The highest BCUT2D eigenvalue weighted by Crippen LogP contribution is 2.28. The minimum absolute atomic E-state index is 0.0860. The van der Waals surface area contributed by atoms with E-state index in [4.69, 9.17) is 4.42 Å². The highest BCUT2D eigenvalue weighted by molar-refractivity contribution is 7.09. The Labute approximate surface area is 166 Å². The van der Waals surface area contributed by atoms with Gasteiger partial charge in [0.15, 0.2) is 0 Å². The molecular formula is C20H21N3O4S. The summed E-state index contributed by atoms with van der Waals surface area (Å²) in [5.41, 5.74) is 1.80. The molecule has 2 aromatic heterocycles. The van der Waals surface area contributed by atoms with E-state index in [1.165, 1.54) is 6.07 Å². The van der Waals surface area contributed by atoms with Crippen molar-refractivity contribution in [2.75, 3.05) is 11.9 Å². The van der Waals surface area contributed by atoms with Crippen LogP contribution in [-0.4, -0.2) is 22.3 Å². The summed E-state index contributed by atoms with van der Waals surface area (Å²) in [4.78, 5) is 26.6. The fourth-order valence-electron chi connectivity index (χ4n) is 2.86. The Kier molecular flexibility index (Phi) is 6.23. The molecule has 0 atom stereocenters. The number of nitro groups is 1. The lowest BCUT2D eigenvalue weighted by Gasteiger charge is -2.20. The SMILES string of the molecule is Cc1cc(NC(=O)CN(Cc2ccco2)Cc2cccs2)c([N+](=O)[O-])cc1C. The van der Waals surface area contributed by atoms with E-state index in [1.54, 1.807) is 36.7 Å². The third-order valence-electron chi connectivity index (χ3n) is 4.37. The number of furan rings is 1. The number of thiophene rings is 1. The van der Waals surface area contributed by atoms with Crippen LogP contribution in [0.3, 0.4) is 0 Å². The quantitative estimate of drug-likeness (QED) is 0.445. The summed E-state index contributed by atoms with van der Waals surface area (Å²) >= 11 is 1.61. The number of hydrogen-bond donors (Lipinski definition) is 1. The average Bonchev–Trinajstić information content (AvgIpc) is 3.31. The number of anilines is 1. The maximum absolute atomic E-state index is 12.6. The molecule has 2 heterocycles. The summed E-state index contributed by atoms with van der Waals surface area (Å²) in [6.45, 7) is 4.80. The van der Waals surface area contributed by atoms with Crippen LogP contribution in [0.1, 0.15) is 21.8 Å². The predicted molar refractivity (Wildman–Crippen MR) is 108 cm³/mol. The molecule has 0 radical (unpaired) electrons. The van der Waals surface area contributed by atoms with Crippen LogP contribution in [0.25, 0.3) is 0 Å². The monoisotopic (exact) mass is 399 g/mol. The second-order valence-corrected chi connectivity index (χ2v) is 7.60. The molecule has 3 rings (SSSR count). The maximum Gasteiger partial charge on any atom is 0.293 e. The number of amides is 1. The lowest BCUT2D eigenvalue weighted by Crippen LogP contribution is -2.32. The van der Waals surface area contributed by atoms with Gasteiger partial charge in [0.25, 0.3) is 5.69 Å². The van der Waals surface area contributed by atoms with Crippen molar-refractivity contribution in [3.63, 3.8) is 0 Å². The van der Waals surface area contributed by atoms with Crippen molar-refractivity contribution in [3.05, 3.63) is 79.9 Å². The summed E-state index contributed by atoms with van der Waals surface area (Å²) in [6.07, 6.45) is 1.59. The summed E-state index contributed by atoms with van der Waals surface area (Å²) < 4.78 is 5.40. The fourth-order valence-corrected chi connectivity index (χ4v) is 3.60. The van der Waals surface area contributed by atoms with Gasteiger partial charge >= 0.3 is 0 Å². The van der Waals surface area contributed by atoms with Crippen LogP contribution in [0.4, 0.5) is 11.4 Å². The summed E-state index contributed by atoms with van der Waals surface area (Å²) in [6, 6.07) is 10.7. The number of aryl methyl sites for hydroxylation is 2. The molecular weight excluding hydrogens is 378 g/mol. The van der Waals surface area contributed by atoms with Crippen LogP contribution >= 0.6 is 11.3 Å². The third-order valence-corrected chi connectivity index (χ3v) is 5.23. The van der Waals surface area contributed by atoms with Gasteiger partial charge in [-0.1, -0.05) is 6.07 Å². The van der Waals surface area contributed by atoms with Gasteiger partial charge < -0.3 is 9.73 Å². The number of carbonyl (C=O) groups is 1. The maximum atomic E-state index is 12.6. The molecule has 1 aromatic carbocycles. The van der Waals surface area contributed by atoms with Gasteiger partial charge in [0.2, 0.25) is 5.91 Å². The Balaban J connectivity index is 1.74. The van der Waals surface area contributed by atoms with Gasteiger partial charge in [-0.25, -0.2) is 0 Å². The van der Waals surface area contributed by atoms with Gasteiger partial charge in [-0.15, -0.1) is 11.3 Å². The molecule has 8 heteroatoms. The van der Waals surface area contributed by atoms with Gasteiger partial charge in [0, 0.05) is 17.5 Å². The van der Waals surface area contributed by atoms with Crippen LogP contribution in [0.2, 0.25) is 0 Å². The molecule has 0 aliphatic rings. The van der Waals surface area contributed by atoms with E-state index < -0.39 is 4.92 Å². The lowest BCUT2D eigenvalue weighted by atomic mass is 10.1. The van der Waals surface area contributed by atoms with E-state index >= 15 is 0 Å². The van der Waals surface area contributed by atoms with Gasteiger partial charge in [-0.05, 0) is 54.6 Å². The fraction of sp³-hybridized carbons (Fsp3) is 0.250. The van der Waals surface area contributed by atoms with E-state index in [9.17, 15) is 14.9 Å². The molecule has 0 fully saturated rings. The number of nitro benzene ring substituents is 1. The van der Waals surface area contributed by atoms with E-state index in [0.29, 0.717) is 13.1 Å². The molecule has 0 aliphatic carbocycles. The number of nitrogens with zero attached hydrogens (tertiary/aromatic N) is 2. The first kappa shape index (κ1) is 19.8. The summed E-state index contributed by atoms with van der Waals surface area (Å²) in [5.74, 6) is 0.441. The predicted octanol–water partition coefficient (Wildman–Crippen LogP) is 4.51. The number of hydrogen-bond acceptors (Lipinski definition) is 6. The Morgan fingerprint density at radius 2 is 2.00 bits per heavy atom. The Bertz CT molecular complexity index is 916. The molecule has 1 N–H and O–H groups in total. The van der Waals surface area contributed by atoms with Crippen molar-refractivity contribution >= 4 is 28.6 Å². The number of benzene rings is 1. The van der Waals surface area contributed by atoms with Crippen molar-refractivity contribution in [2.45, 2.75) is 26.9 Å². The zero-order chi connectivity index (χ0) is 20.1. The molecule has 7 nitrogen and oxygen atoms in total. The molecule has 146 valence electrons. The number of carbonyl (C=O) groups excluding carboxylic acids is 1. The van der Waals surface area contributed by atoms with Crippen LogP contribution < -0.4 is 5.32 Å². The third kappa shape index (κ3) is 5.05. The molecule has 3 aromatic rings. The smallest absolute Gasteiger partial charge is 0.293 e. The molecule has 0 aliphatic heterocycles. The minimum Gasteiger partial charge on any atom is -0.468 e. The van der Waals surface area contributed by atoms with Crippen LogP contribution in [0.15, 0.2) is 52.5 Å². The first-order valence-electron chi connectivity index (χ1n) is 8.75. The Morgan fingerprint density at radius 1 is 1.21 bits per heavy atom. The lowest BCUT2D eigenvalue weighted by molar-refractivity contribution is -0.384. The van der Waals surface area contributed by atoms with Crippen molar-refractivity contribution in [3.8, 4) is 0 Å². The molecule has 28 heavy (non-hydrogen) atoms. The van der Waals surface area contributed by atoms with E-state index in [1.807, 2.05) is 35.4 Å².